The summed E-state index contributed by atoms with van der Waals surface area (Å²) >= 11 is 0. The summed E-state index contributed by atoms with van der Waals surface area (Å²) in [5.41, 5.74) is 0. The number of nitrogens with zero attached hydrogens (tertiary/aromatic N) is 1. The van der Waals surface area contributed by atoms with E-state index in [1.165, 1.54) is 26.4 Å². The third-order valence-corrected chi connectivity index (χ3v) is 4.15. The van der Waals surface area contributed by atoms with Gasteiger partial charge in [0.15, 0.2) is 0 Å². The Balaban J connectivity index is 2.66. The number of amides is 1. The zero-order chi connectivity index (χ0) is 15.0. The Kier molecular flexibility index (Phi) is 7.63. The molecule has 116 valence electrons. The highest BCUT2D eigenvalue weighted by molar-refractivity contribution is 5.78. The third kappa shape index (κ3) is 5.14. The summed E-state index contributed by atoms with van der Waals surface area (Å²) in [5, 5.41) is 0. The van der Waals surface area contributed by atoms with Crippen LogP contribution in [0.5, 0.6) is 0 Å². The van der Waals surface area contributed by atoms with Crippen LogP contribution in [-0.2, 0) is 14.3 Å². The molecule has 1 rings (SSSR count). The van der Waals surface area contributed by atoms with Gasteiger partial charge in [-0.3, -0.25) is 9.59 Å². The highest BCUT2D eigenvalue weighted by Crippen LogP contribution is 2.24. The molecule has 1 amide bonds. The standard InChI is InChI=1S/C16H29NO3/c1-4-5-11-15(18)17(12-13(2)16(19)20-3)14-9-7-6-8-10-14/h13-14H,4-12H2,1-3H3. The summed E-state index contributed by atoms with van der Waals surface area (Å²) in [5.74, 6) is -0.267. The van der Waals surface area contributed by atoms with Crippen LogP contribution >= 0.6 is 0 Å². The van der Waals surface area contributed by atoms with Gasteiger partial charge >= 0.3 is 5.97 Å². The van der Waals surface area contributed by atoms with E-state index in [0.717, 1.165) is 25.7 Å². The second kappa shape index (κ2) is 8.98. The first kappa shape index (κ1) is 17.0. The summed E-state index contributed by atoms with van der Waals surface area (Å²) < 4.78 is 4.78. The summed E-state index contributed by atoms with van der Waals surface area (Å²) in [6, 6.07) is 0.320. The van der Waals surface area contributed by atoms with Gasteiger partial charge in [0.1, 0.15) is 0 Å². The lowest BCUT2D eigenvalue weighted by Gasteiger charge is -2.35. The van der Waals surface area contributed by atoms with Crippen molar-refractivity contribution >= 4 is 11.9 Å². The number of esters is 1. The molecular formula is C16H29NO3. The molecule has 0 aromatic carbocycles. The van der Waals surface area contributed by atoms with Crippen molar-refractivity contribution in [2.45, 2.75) is 71.3 Å². The maximum atomic E-state index is 12.4. The van der Waals surface area contributed by atoms with Gasteiger partial charge < -0.3 is 9.64 Å². The summed E-state index contributed by atoms with van der Waals surface area (Å²) in [6.07, 6.45) is 8.34. The number of rotatable bonds is 7. The van der Waals surface area contributed by atoms with E-state index in [-0.39, 0.29) is 17.8 Å². The Morgan fingerprint density at radius 3 is 2.45 bits per heavy atom. The molecule has 0 radical (unpaired) electrons. The molecule has 1 unspecified atom stereocenters. The van der Waals surface area contributed by atoms with Crippen molar-refractivity contribution in [2.24, 2.45) is 5.92 Å². The Morgan fingerprint density at radius 1 is 1.25 bits per heavy atom. The SMILES string of the molecule is CCCCC(=O)N(CC(C)C(=O)OC)C1CCCCC1. The minimum Gasteiger partial charge on any atom is -0.469 e. The lowest BCUT2D eigenvalue weighted by molar-refractivity contribution is -0.147. The number of carbonyl (C=O) groups is 2. The van der Waals surface area contributed by atoms with Crippen LogP contribution in [0.3, 0.4) is 0 Å². The molecule has 4 nitrogen and oxygen atoms in total. The van der Waals surface area contributed by atoms with Crippen molar-refractivity contribution in [1.29, 1.82) is 0 Å². The second-order valence-electron chi connectivity index (χ2n) is 5.87. The fraction of sp³-hybridized carbons (Fsp3) is 0.875. The summed E-state index contributed by atoms with van der Waals surface area (Å²) in [4.78, 5) is 26.0. The van der Waals surface area contributed by atoms with E-state index in [0.29, 0.717) is 19.0 Å². The van der Waals surface area contributed by atoms with Gasteiger partial charge in [0.25, 0.3) is 0 Å². The molecule has 0 heterocycles. The van der Waals surface area contributed by atoms with Crippen molar-refractivity contribution in [2.75, 3.05) is 13.7 Å². The van der Waals surface area contributed by atoms with E-state index in [4.69, 9.17) is 4.74 Å². The fourth-order valence-corrected chi connectivity index (χ4v) is 2.89. The second-order valence-corrected chi connectivity index (χ2v) is 5.87. The Bertz CT molecular complexity index is 311. The predicted molar refractivity (Wildman–Crippen MR) is 79.3 cm³/mol. The van der Waals surface area contributed by atoms with Crippen molar-refractivity contribution in [3.05, 3.63) is 0 Å². The van der Waals surface area contributed by atoms with Gasteiger partial charge in [-0.05, 0) is 19.3 Å². The number of ether oxygens (including phenoxy) is 1. The molecule has 1 saturated carbocycles. The van der Waals surface area contributed by atoms with Crippen LogP contribution < -0.4 is 0 Å². The number of carbonyl (C=O) groups excluding carboxylic acids is 2. The fourth-order valence-electron chi connectivity index (χ4n) is 2.89. The van der Waals surface area contributed by atoms with Crippen LogP contribution in [0, 0.1) is 5.92 Å². The maximum absolute atomic E-state index is 12.4. The molecule has 4 heteroatoms. The minimum atomic E-state index is -0.243. The molecule has 0 bridgehead atoms. The molecule has 0 N–H and O–H groups in total. The minimum absolute atomic E-state index is 0.203. The molecule has 0 saturated heterocycles. The van der Waals surface area contributed by atoms with E-state index < -0.39 is 0 Å². The van der Waals surface area contributed by atoms with Crippen LogP contribution in [0.15, 0.2) is 0 Å². The van der Waals surface area contributed by atoms with Crippen LogP contribution in [0.4, 0.5) is 0 Å². The zero-order valence-electron chi connectivity index (χ0n) is 13.2. The van der Waals surface area contributed by atoms with E-state index in [2.05, 4.69) is 6.92 Å². The lowest BCUT2D eigenvalue weighted by atomic mass is 9.93. The van der Waals surface area contributed by atoms with Gasteiger partial charge in [-0.1, -0.05) is 39.5 Å². The van der Waals surface area contributed by atoms with Crippen LogP contribution in [0.25, 0.3) is 0 Å². The lowest BCUT2D eigenvalue weighted by Crippen LogP contribution is -2.45. The summed E-state index contributed by atoms with van der Waals surface area (Å²) in [7, 11) is 1.41. The van der Waals surface area contributed by atoms with E-state index in [1.54, 1.807) is 0 Å². The van der Waals surface area contributed by atoms with E-state index >= 15 is 0 Å². The normalized spacial score (nSPS) is 17.6. The topological polar surface area (TPSA) is 46.6 Å². The van der Waals surface area contributed by atoms with Crippen LogP contribution in [-0.4, -0.2) is 36.5 Å². The number of hydrogen-bond donors (Lipinski definition) is 0. The Hall–Kier alpha value is -1.06. The van der Waals surface area contributed by atoms with Crippen LogP contribution in [0.2, 0.25) is 0 Å². The van der Waals surface area contributed by atoms with Crippen molar-refractivity contribution in [3.8, 4) is 0 Å². The molecule has 20 heavy (non-hydrogen) atoms. The van der Waals surface area contributed by atoms with E-state index in [1.807, 2.05) is 11.8 Å². The van der Waals surface area contributed by atoms with E-state index in [9.17, 15) is 9.59 Å². The number of methoxy groups -OCH3 is 1. The average Bonchev–Trinajstić information content (AvgIpc) is 2.49. The molecule has 0 aliphatic heterocycles. The summed E-state index contributed by atoms with van der Waals surface area (Å²) in [6.45, 7) is 4.43. The highest BCUT2D eigenvalue weighted by atomic mass is 16.5. The van der Waals surface area contributed by atoms with Crippen molar-refractivity contribution < 1.29 is 14.3 Å². The average molecular weight is 283 g/mol. The predicted octanol–water partition coefficient (Wildman–Crippen LogP) is 3.15. The van der Waals surface area contributed by atoms with Gasteiger partial charge in [-0.15, -0.1) is 0 Å². The highest BCUT2D eigenvalue weighted by Gasteiger charge is 2.28. The van der Waals surface area contributed by atoms with Gasteiger partial charge in [-0.2, -0.15) is 0 Å². The van der Waals surface area contributed by atoms with Gasteiger partial charge in [0.05, 0.1) is 13.0 Å². The Labute approximate surface area is 122 Å². The molecular weight excluding hydrogens is 254 g/mol. The number of hydrogen-bond acceptors (Lipinski definition) is 3. The monoisotopic (exact) mass is 283 g/mol. The Morgan fingerprint density at radius 2 is 1.90 bits per heavy atom. The number of unbranched alkanes of at least 4 members (excludes halogenated alkanes) is 1. The quantitative estimate of drug-likeness (QED) is 0.674. The van der Waals surface area contributed by atoms with Crippen molar-refractivity contribution in [1.82, 2.24) is 4.90 Å². The largest absolute Gasteiger partial charge is 0.469 e. The first-order chi connectivity index (χ1) is 9.60. The smallest absolute Gasteiger partial charge is 0.310 e. The van der Waals surface area contributed by atoms with Gasteiger partial charge in [0.2, 0.25) is 5.91 Å². The molecule has 0 aromatic rings. The molecule has 0 spiro atoms. The molecule has 1 aliphatic carbocycles. The zero-order valence-corrected chi connectivity index (χ0v) is 13.2. The first-order valence-electron chi connectivity index (χ1n) is 7.97. The molecule has 1 atom stereocenters. The third-order valence-electron chi connectivity index (χ3n) is 4.15. The van der Waals surface area contributed by atoms with Gasteiger partial charge in [-0.25, -0.2) is 0 Å². The molecule has 0 aromatic heterocycles. The first-order valence-corrected chi connectivity index (χ1v) is 7.97. The molecule has 1 aliphatic rings. The maximum Gasteiger partial charge on any atom is 0.310 e. The molecule has 1 fully saturated rings. The van der Waals surface area contributed by atoms with Crippen LogP contribution in [0.1, 0.15) is 65.2 Å². The van der Waals surface area contributed by atoms with Gasteiger partial charge in [0, 0.05) is 19.0 Å². The van der Waals surface area contributed by atoms with Crippen molar-refractivity contribution in [3.63, 3.8) is 0 Å².